The first-order valence-electron chi connectivity index (χ1n) is 7.92. The van der Waals surface area contributed by atoms with Crippen LogP contribution in [0.4, 0.5) is 14.5 Å². The summed E-state index contributed by atoms with van der Waals surface area (Å²) < 4.78 is 26.5. The molecule has 0 bridgehead atoms. The van der Waals surface area contributed by atoms with Crippen molar-refractivity contribution < 1.29 is 18.4 Å². The molecule has 3 rings (SSSR count). The summed E-state index contributed by atoms with van der Waals surface area (Å²) >= 11 is 1.10. The number of hydrogen-bond donors (Lipinski definition) is 2. The van der Waals surface area contributed by atoms with Crippen LogP contribution in [0.1, 0.15) is 10.4 Å². The molecule has 2 aromatic carbocycles. The first kappa shape index (κ1) is 18.8. The van der Waals surface area contributed by atoms with E-state index in [1.807, 2.05) is 0 Å². The third kappa shape index (κ3) is 4.43. The van der Waals surface area contributed by atoms with Crippen LogP contribution >= 0.6 is 11.8 Å². The minimum Gasteiger partial charge on any atom is -0.345 e. The number of fused-ring (bicyclic) bond motifs is 1. The summed E-state index contributed by atoms with van der Waals surface area (Å²) in [4.78, 5) is 32.5. The molecular weight excluding hydrogens is 374 g/mol. The molecule has 0 aliphatic carbocycles. The van der Waals surface area contributed by atoms with E-state index in [2.05, 4.69) is 15.3 Å². The third-order valence-corrected chi connectivity index (χ3v) is 4.51. The van der Waals surface area contributed by atoms with E-state index in [-0.39, 0.29) is 23.1 Å². The largest absolute Gasteiger partial charge is 0.345 e. The first-order valence-corrected chi connectivity index (χ1v) is 8.91. The fraction of sp³-hybridized carbons (Fsp3) is 0.167. The van der Waals surface area contributed by atoms with E-state index in [0.29, 0.717) is 21.9 Å². The highest BCUT2D eigenvalue weighted by atomic mass is 32.2. The lowest BCUT2D eigenvalue weighted by Gasteiger charge is -2.11. The Hall–Kier alpha value is -2.94. The molecule has 1 aromatic heterocycles. The van der Waals surface area contributed by atoms with Crippen LogP contribution in [0.25, 0.3) is 11.0 Å². The van der Waals surface area contributed by atoms with Gasteiger partial charge >= 0.3 is 0 Å². The van der Waals surface area contributed by atoms with Gasteiger partial charge in [0.2, 0.25) is 5.91 Å². The summed E-state index contributed by atoms with van der Waals surface area (Å²) in [7, 11) is 3.30. The van der Waals surface area contributed by atoms with Crippen LogP contribution in [0.15, 0.2) is 41.6 Å². The van der Waals surface area contributed by atoms with Crippen LogP contribution < -0.4 is 5.32 Å². The maximum Gasteiger partial charge on any atom is 0.253 e. The number of hydrogen-bond acceptors (Lipinski definition) is 4. The Labute approximate surface area is 158 Å². The van der Waals surface area contributed by atoms with E-state index in [0.717, 1.165) is 23.9 Å². The van der Waals surface area contributed by atoms with E-state index in [1.54, 1.807) is 38.4 Å². The molecule has 140 valence electrons. The maximum atomic E-state index is 13.2. The topological polar surface area (TPSA) is 78.1 Å². The van der Waals surface area contributed by atoms with Crippen molar-refractivity contribution in [1.82, 2.24) is 14.9 Å². The van der Waals surface area contributed by atoms with Crippen molar-refractivity contribution in [3.63, 3.8) is 0 Å². The number of nitrogens with zero attached hydrogens (tertiary/aromatic N) is 2. The molecule has 0 spiro atoms. The monoisotopic (exact) mass is 390 g/mol. The van der Waals surface area contributed by atoms with Crippen LogP contribution in [0.5, 0.6) is 0 Å². The molecule has 0 saturated heterocycles. The number of thioether (sulfide) groups is 1. The van der Waals surface area contributed by atoms with E-state index < -0.39 is 11.6 Å². The Morgan fingerprint density at radius 3 is 2.67 bits per heavy atom. The van der Waals surface area contributed by atoms with Gasteiger partial charge in [0, 0.05) is 37.5 Å². The molecular formula is C18H16F2N4O2S. The summed E-state index contributed by atoms with van der Waals surface area (Å²) in [6.45, 7) is 0. The molecule has 0 saturated carbocycles. The molecule has 2 N–H and O–H groups in total. The number of benzene rings is 2. The van der Waals surface area contributed by atoms with Crippen LogP contribution in [-0.2, 0) is 4.79 Å². The van der Waals surface area contributed by atoms with Crippen molar-refractivity contribution >= 4 is 40.3 Å². The van der Waals surface area contributed by atoms with Gasteiger partial charge in [-0.05, 0) is 18.2 Å². The molecule has 0 unspecified atom stereocenters. The zero-order chi connectivity index (χ0) is 19.6. The molecule has 0 fully saturated rings. The average Bonchev–Trinajstić information content (AvgIpc) is 3.01. The van der Waals surface area contributed by atoms with Gasteiger partial charge in [-0.15, -0.1) is 0 Å². The number of rotatable bonds is 5. The van der Waals surface area contributed by atoms with E-state index >= 15 is 0 Å². The van der Waals surface area contributed by atoms with Crippen molar-refractivity contribution in [3.8, 4) is 0 Å². The highest BCUT2D eigenvalue weighted by molar-refractivity contribution is 7.99. The molecule has 0 radical (unpaired) electrons. The minimum atomic E-state index is -0.976. The van der Waals surface area contributed by atoms with Gasteiger partial charge in [0.05, 0.1) is 16.8 Å². The van der Waals surface area contributed by atoms with Gasteiger partial charge < -0.3 is 15.2 Å². The number of carbonyl (C=O) groups is 2. The highest BCUT2D eigenvalue weighted by Gasteiger charge is 2.12. The molecule has 3 aromatic rings. The summed E-state index contributed by atoms with van der Waals surface area (Å²) in [6.07, 6.45) is 0. The van der Waals surface area contributed by atoms with Crippen molar-refractivity contribution in [3.05, 3.63) is 53.6 Å². The Kier molecular flexibility index (Phi) is 5.41. The van der Waals surface area contributed by atoms with Crippen molar-refractivity contribution in [2.24, 2.45) is 0 Å². The molecule has 27 heavy (non-hydrogen) atoms. The van der Waals surface area contributed by atoms with Crippen LogP contribution in [-0.4, -0.2) is 46.5 Å². The van der Waals surface area contributed by atoms with Gasteiger partial charge in [-0.1, -0.05) is 17.8 Å². The predicted octanol–water partition coefficient (Wildman–Crippen LogP) is 3.27. The smallest absolute Gasteiger partial charge is 0.253 e. The summed E-state index contributed by atoms with van der Waals surface area (Å²) in [5.74, 6) is -2.37. The molecule has 9 heteroatoms. The van der Waals surface area contributed by atoms with Crippen LogP contribution in [0.3, 0.4) is 0 Å². The lowest BCUT2D eigenvalue weighted by atomic mass is 10.2. The number of nitrogens with one attached hydrogen (secondary N) is 2. The second-order valence-electron chi connectivity index (χ2n) is 5.94. The number of carbonyl (C=O) groups excluding carboxylic acids is 2. The molecule has 2 amide bonds. The number of imidazole rings is 1. The van der Waals surface area contributed by atoms with Gasteiger partial charge in [-0.2, -0.15) is 0 Å². The van der Waals surface area contributed by atoms with Crippen molar-refractivity contribution in [1.29, 1.82) is 0 Å². The second-order valence-corrected chi connectivity index (χ2v) is 6.91. The highest BCUT2D eigenvalue weighted by Crippen LogP contribution is 2.22. The Balaban J connectivity index is 1.63. The van der Waals surface area contributed by atoms with Gasteiger partial charge in [0.15, 0.2) is 16.8 Å². The SMILES string of the molecule is CN(C)C(=O)c1cccc(NC(=O)CSc2nc3cc(F)c(F)cc3[nH]2)c1. The molecule has 0 aliphatic heterocycles. The van der Waals surface area contributed by atoms with Crippen molar-refractivity contribution in [2.75, 3.05) is 25.2 Å². The molecule has 6 nitrogen and oxygen atoms in total. The minimum absolute atomic E-state index is 0.0383. The van der Waals surface area contributed by atoms with E-state index in [9.17, 15) is 18.4 Å². The Morgan fingerprint density at radius 2 is 1.93 bits per heavy atom. The number of H-pyrrole nitrogens is 1. The predicted molar refractivity (Wildman–Crippen MR) is 99.8 cm³/mol. The molecule has 0 aliphatic rings. The maximum absolute atomic E-state index is 13.2. The van der Waals surface area contributed by atoms with Crippen molar-refractivity contribution in [2.45, 2.75) is 5.16 Å². The lowest BCUT2D eigenvalue weighted by molar-refractivity contribution is -0.113. The number of amides is 2. The van der Waals surface area contributed by atoms with Gasteiger partial charge in [0.25, 0.3) is 5.91 Å². The van der Waals surface area contributed by atoms with Crippen LogP contribution in [0, 0.1) is 11.6 Å². The van der Waals surface area contributed by atoms with Gasteiger partial charge in [-0.25, -0.2) is 13.8 Å². The number of anilines is 1. The lowest BCUT2D eigenvalue weighted by Crippen LogP contribution is -2.22. The number of aromatic amines is 1. The van der Waals surface area contributed by atoms with Gasteiger partial charge in [0.1, 0.15) is 0 Å². The zero-order valence-electron chi connectivity index (χ0n) is 14.5. The Morgan fingerprint density at radius 1 is 1.19 bits per heavy atom. The third-order valence-electron chi connectivity index (χ3n) is 3.64. The summed E-state index contributed by atoms with van der Waals surface area (Å²) in [6, 6.07) is 8.65. The molecule has 0 atom stereocenters. The number of halogens is 2. The standard InChI is InChI=1S/C18H16F2N4O2S/c1-24(2)17(26)10-4-3-5-11(6-10)21-16(25)9-27-18-22-14-7-12(19)13(20)8-15(14)23-18/h3-8H,9H2,1-2H3,(H,21,25)(H,22,23). The molecule has 1 heterocycles. The quantitative estimate of drug-likeness (QED) is 0.656. The van der Waals surface area contributed by atoms with E-state index in [4.69, 9.17) is 0 Å². The number of aromatic nitrogens is 2. The fourth-order valence-corrected chi connectivity index (χ4v) is 3.05. The normalized spacial score (nSPS) is 10.8. The first-order chi connectivity index (χ1) is 12.8. The summed E-state index contributed by atoms with van der Waals surface area (Å²) in [5.41, 5.74) is 1.60. The second kappa shape index (κ2) is 7.75. The fourth-order valence-electron chi connectivity index (χ4n) is 2.37. The van der Waals surface area contributed by atoms with Crippen LogP contribution in [0.2, 0.25) is 0 Å². The zero-order valence-corrected chi connectivity index (χ0v) is 15.4. The summed E-state index contributed by atoms with van der Waals surface area (Å²) in [5, 5.41) is 3.08. The Bertz CT molecular complexity index is 981. The van der Waals surface area contributed by atoms with E-state index in [1.165, 1.54) is 4.90 Å². The average molecular weight is 390 g/mol. The van der Waals surface area contributed by atoms with Gasteiger partial charge in [-0.3, -0.25) is 9.59 Å².